The molecule has 25 atom stereocenters. The van der Waals surface area contributed by atoms with E-state index in [-0.39, 0.29) is 106 Å². The molecular weight excluding hydrogens is 1810 g/mol. The van der Waals surface area contributed by atoms with Crippen molar-refractivity contribution in [2.24, 2.45) is 81.7 Å². The number of rotatable bonds is 43. The molecule has 14 aliphatic rings. The average Bonchev–Trinajstić information content (AvgIpc) is 1.55. The molecular formula is C121H168N8O13S. The number of piperidine rings is 2. The van der Waals surface area contributed by atoms with Crippen LogP contribution in [0.15, 0.2) is 155 Å². The van der Waals surface area contributed by atoms with Gasteiger partial charge in [0.2, 0.25) is 17.7 Å². The lowest BCUT2D eigenvalue weighted by Crippen LogP contribution is -2.52. The van der Waals surface area contributed by atoms with Crippen molar-refractivity contribution in [2.75, 3.05) is 51.6 Å². The van der Waals surface area contributed by atoms with Crippen LogP contribution < -0.4 is 32.3 Å². The number of likely N-dealkylation sites (tertiary alicyclic amines) is 2. The number of carbonyl (C=O) groups is 9. The maximum absolute atomic E-state index is 13.8. The molecule has 4 aromatic carbocycles. The monoisotopic (exact) mass is 1970 g/mol. The smallest absolute Gasteiger partial charge is 0.315 e. The van der Waals surface area contributed by atoms with Crippen LogP contribution in [0.5, 0.6) is 0 Å². The number of Topliss-reactive ketones (excluding diaryl/α,β-unsaturated/α-hetero) is 3. The van der Waals surface area contributed by atoms with Crippen LogP contribution in [0.3, 0.4) is 0 Å². The number of aliphatic hydroxyl groups is 2. The fourth-order valence-electron chi connectivity index (χ4n) is 30.2. The summed E-state index contributed by atoms with van der Waals surface area (Å²) in [7, 11) is 0. The van der Waals surface area contributed by atoms with Crippen LogP contribution in [0.4, 0.5) is 4.79 Å². The summed E-state index contributed by atoms with van der Waals surface area (Å²) in [5.41, 5.74) is 20.1. The Morgan fingerprint density at radius 2 is 0.937 bits per heavy atom. The molecule has 1 unspecified atom stereocenters. The van der Waals surface area contributed by atoms with E-state index in [0.717, 1.165) is 203 Å². The molecule has 0 bridgehead atoms. The summed E-state index contributed by atoms with van der Waals surface area (Å²) in [6.07, 6.45) is 38.3. The van der Waals surface area contributed by atoms with E-state index < -0.39 is 12.0 Å². The van der Waals surface area contributed by atoms with Gasteiger partial charge in [0, 0.05) is 141 Å². The predicted molar refractivity (Wildman–Crippen MR) is 565 cm³/mol. The zero-order valence-electron chi connectivity index (χ0n) is 87.2. The van der Waals surface area contributed by atoms with Crippen molar-refractivity contribution in [1.29, 1.82) is 0 Å². The van der Waals surface area contributed by atoms with Crippen molar-refractivity contribution < 1.29 is 62.8 Å². The highest BCUT2D eigenvalue weighted by atomic mass is 32.2. The minimum absolute atomic E-state index is 0.0288. The average molecular weight is 1970 g/mol. The molecule has 6 heterocycles. The molecule has 4 aromatic rings. The number of hydrogen-bond donors (Lipinski definition) is 8. The Bertz CT molecular complexity index is 5270. The van der Waals surface area contributed by atoms with E-state index in [0.29, 0.717) is 182 Å². The van der Waals surface area contributed by atoms with Gasteiger partial charge in [-0.05, 0) is 287 Å². The van der Waals surface area contributed by atoms with Gasteiger partial charge in [-0.15, -0.1) is 0 Å². The molecule has 9 N–H and O–H groups in total. The highest BCUT2D eigenvalue weighted by Gasteiger charge is 2.65. The zero-order valence-corrected chi connectivity index (χ0v) is 88.0. The van der Waals surface area contributed by atoms with Crippen LogP contribution in [-0.2, 0) is 51.1 Å². The lowest BCUT2D eigenvalue weighted by atomic mass is 9.56. The number of thioether (sulfide) groups is 1. The second-order valence-electron chi connectivity index (χ2n) is 47.2. The van der Waals surface area contributed by atoms with E-state index in [1.165, 1.54) is 43.3 Å². The van der Waals surface area contributed by atoms with E-state index in [2.05, 4.69) is 104 Å². The van der Waals surface area contributed by atoms with Crippen molar-refractivity contribution in [1.82, 2.24) is 36.4 Å². The first kappa shape index (κ1) is 106. The molecule has 21 nitrogen and oxygen atoms in total. The number of aliphatic hydroxyl groups excluding tert-OH is 2. The topological polar surface area (TPSA) is 305 Å². The number of unbranched alkanes of at least 4 members (excludes halogenated alkanes) is 7. The summed E-state index contributed by atoms with van der Waals surface area (Å²) < 4.78 is 14.8. The van der Waals surface area contributed by atoms with Crippen LogP contribution in [-0.4, -0.2) is 195 Å². The van der Waals surface area contributed by atoms with Crippen LogP contribution in [0.2, 0.25) is 0 Å². The Hall–Kier alpha value is -8.06. The number of urea groups is 1. The fraction of sp³-hybridized carbons (Fsp3) is 0.661. The Morgan fingerprint density at radius 1 is 0.497 bits per heavy atom. The van der Waals surface area contributed by atoms with Gasteiger partial charge in [-0.2, -0.15) is 11.8 Å². The summed E-state index contributed by atoms with van der Waals surface area (Å²) >= 11 is 1.89. The molecule has 0 radical (unpaired) electrons. The van der Waals surface area contributed by atoms with Gasteiger partial charge < -0.3 is 52.0 Å². The van der Waals surface area contributed by atoms with Gasteiger partial charge in [0.25, 0.3) is 0 Å². The van der Waals surface area contributed by atoms with E-state index >= 15 is 0 Å². The Labute approximate surface area is 856 Å². The second kappa shape index (κ2) is 47.6. The number of nitrogens with one attached hydrogen (secondary N) is 5. The van der Waals surface area contributed by atoms with Crippen molar-refractivity contribution in [2.45, 2.75) is 377 Å². The third-order valence-electron chi connectivity index (χ3n) is 38.0. The first-order chi connectivity index (χ1) is 69.0. The molecule has 8 aliphatic carbocycles. The number of ketones is 5. The molecule has 18 rings (SSSR count). The Kier molecular flexibility index (Phi) is 35.4. The maximum Gasteiger partial charge on any atom is 0.315 e. The second-order valence-corrected chi connectivity index (χ2v) is 48.4. The Morgan fingerprint density at radius 3 is 1.43 bits per heavy atom. The van der Waals surface area contributed by atoms with Crippen molar-refractivity contribution in [3.63, 3.8) is 0 Å². The zero-order chi connectivity index (χ0) is 100. The van der Waals surface area contributed by atoms with Crippen LogP contribution in [0.25, 0.3) is 0 Å². The minimum atomic E-state index is -0.666. The van der Waals surface area contributed by atoms with Gasteiger partial charge in [-0.1, -0.05) is 211 Å². The normalized spacial score (nSPS) is 32.8. The van der Waals surface area contributed by atoms with Crippen LogP contribution >= 0.6 is 11.8 Å². The lowest BCUT2D eigenvalue weighted by Gasteiger charge is -2.49. The standard InChI is InChI=1S/C69H97N5O8S.C52H71N3O5/c1-44-37-60-64(46(3)69(82-60)33-31-55-56-29-28-51-40-54(77)30-32-68(51,4)58(56)41-57(55)45(69)2)74(42-44)36-16-21-52(75)19-10-6-15-35-71-66(80)50(38-47-24-26-49(27-25-47)65(79)48-17-8-5-9-18-48)39-53(76)20-11-7-14-34-70-62(78)23-13-12-22-61-63-59(43-83-61)72-67(81)73-63;1-33-28-47-48(35(3)52(60-47)25-23-42-43-21-20-39-30-41(57)22-24-51(39,4)45(43)31-44(42)34(52)2)55(32-33)27-11-15-40(56)14-9-6-10-26-54-50(59)46(53)29-36-16-18-38(19-17-36)49(58)37-12-7-5-8-13-37/h5,8-9,17-18,24-28,44,46,50,54-56,58-61,63-64,77H,6-7,10-16,19-23,29-43H2,1-4H3,(H,70,78)(H,71,80)(H2,72,73,81);5,7-8,12-13,16-20,33,35,41-43,45-48,57H,6,9-11,14-15,21-32,53H2,1-4H3,(H,54,59)/t44-,46+,50+,54-,55-,56-,58-,59-,60+,61?,63-,64-,68-,69-;33-,35+,41-,42-,43-,45-,46-,47+,48-,51-,52-/m00/s1. The molecule has 2 spiro atoms. The number of fused-ring (bicyclic) bond motifs is 13. The van der Waals surface area contributed by atoms with E-state index in [4.69, 9.17) is 15.2 Å². The van der Waals surface area contributed by atoms with Gasteiger partial charge >= 0.3 is 6.03 Å². The number of carbonyl (C=O) groups excluding carboxylic acids is 9. The van der Waals surface area contributed by atoms with Gasteiger partial charge in [-0.25, -0.2) is 4.79 Å². The number of nitrogens with two attached hydrogens (primary N) is 1. The van der Waals surface area contributed by atoms with Crippen LogP contribution in [0.1, 0.15) is 336 Å². The minimum Gasteiger partial charge on any atom is -0.393 e. The molecule has 6 saturated heterocycles. The van der Waals surface area contributed by atoms with Crippen molar-refractivity contribution in [3.8, 4) is 0 Å². The molecule has 776 valence electrons. The first-order valence-electron chi connectivity index (χ1n) is 56.2. The molecule has 4 saturated carbocycles. The van der Waals surface area contributed by atoms with Gasteiger partial charge in [0.1, 0.15) is 17.3 Å². The van der Waals surface area contributed by atoms with E-state index in [1.54, 1.807) is 70.8 Å². The number of benzene rings is 4. The van der Waals surface area contributed by atoms with E-state index in [9.17, 15) is 53.4 Å². The van der Waals surface area contributed by atoms with Gasteiger partial charge in [0.15, 0.2) is 11.6 Å². The summed E-state index contributed by atoms with van der Waals surface area (Å²) in [5.74, 6) is 6.76. The predicted octanol–water partition coefficient (Wildman–Crippen LogP) is 19.7. The first-order valence-corrected chi connectivity index (χ1v) is 57.2. The third-order valence-corrected chi connectivity index (χ3v) is 39.5. The quantitative estimate of drug-likeness (QED) is 0.00884. The Balaban J connectivity index is 0.000000207. The van der Waals surface area contributed by atoms with E-state index in [1.807, 2.05) is 72.4 Å². The summed E-state index contributed by atoms with van der Waals surface area (Å²) in [4.78, 5) is 122. The van der Waals surface area contributed by atoms with Crippen molar-refractivity contribution >= 4 is 64.4 Å². The molecule has 10 fully saturated rings. The molecule has 5 amide bonds. The molecule has 22 heteroatoms. The largest absolute Gasteiger partial charge is 0.393 e. The number of amides is 5. The number of hydrogen-bond acceptors (Lipinski definition) is 17. The maximum atomic E-state index is 13.8. The van der Waals surface area contributed by atoms with Gasteiger partial charge in [-0.3, -0.25) is 48.2 Å². The molecule has 143 heavy (non-hydrogen) atoms. The van der Waals surface area contributed by atoms with Gasteiger partial charge in [0.05, 0.1) is 53.7 Å². The van der Waals surface area contributed by atoms with Crippen LogP contribution in [0, 0.1) is 75.9 Å². The number of allylic oxidation sites excluding steroid dienone is 4. The lowest BCUT2D eigenvalue weighted by molar-refractivity contribution is -0.129. The summed E-state index contributed by atoms with van der Waals surface area (Å²) in [5, 5.41) is 36.6. The number of nitrogens with zero attached hydrogens (tertiary/aromatic N) is 2. The highest BCUT2D eigenvalue weighted by Crippen LogP contribution is 2.68. The number of ether oxygens (including phenoxy) is 2. The third kappa shape index (κ3) is 24.1. The van der Waals surface area contributed by atoms with Crippen molar-refractivity contribution in [3.05, 3.63) is 188 Å². The highest BCUT2D eigenvalue weighted by molar-refractivity contribution is 8.00. The SMILES string of the molecule is CC1=C2C[C@H]3[C@@H](CC=C4C[C@@H](O)CC[C@@]43C)[C@@H]2CC[C@]12O[C@@H]1C[C@H](C)CN(CCCC(=O)CCCCCNC(=O)[C@@H](CC(=O)CCCCCNC(=O)CCCCC3SC[C@@H]4NC(=O)N[C@H]34)Cc3ccc(C(=O)c4ccccc4)cc3)[C@H]1[C@H]2C.CC1=C2C[C@H]3[C@@H](CC=C4C[C@@H](O)CC[C@@]43C)[C@@H]2CC[C@]12O[C@@H]1C[C@H](C)CN(CCCC(=O)CCCCCNC(=O)[C@@H](N)Cc3ccc(C(=O)c4ccccc4)cc3)[C@H]1[C@H]2C. The summed E-state index contributed by atoms with van der Waals surface area (Å²) in [6, 6.07) is 33.5. The molecule has 6 aliphatic heterocycles. The molecule has 0 aromatic heterocycles. The summed E-state index contributed by atoms with van der Waals surface area (Å²) in [6.45, 7) is 25.1. The fourth-order valence-corrected chi connectivity index (χ4v) is 31.7.